The minimum atomic E-state index is 0.101. The third-order valence-electron chi connectivity index (χ3n) is 1.92. The third kappa shape index (κ3) is 3.07. The van der Waals surface area contributed by atoms with Crippen LogP contribution in [0.1, 0.15) is 5.56 Å². The van der Waals surface area contributed by atoms with Crippen molar-refractivity contribution in [2.45, 2.75) is 9.79 Å². The Morgan fingerprint density at radius 2 is 2.12 bits per heavy atom. The van der Waals surface area contributed by atoms with E-state index in [1.165, 1.54) is 23.5 Å². The van der Waals surface area contributed by atoms with E-state index in [4.69, 9.17) is 16.0 Å². The Hall–Kier alpha value is -0.850. The number of nitrogens with zero attached hydrogens (tertiary/aromatic N) is 1. The molecular formula is C10H14N2O2S2. The van der Waals surface area contributed by atoms with Gasteiger partial charge in [0.1, 0.15) is 0 Å². The van der Waals surface area contributed by atoms with Gasteiger partial charge in [0.2, 0.25) is 0 Å². The van der Waals surface area contributed by atoms with Gasteiger partial charge in [-0.05, 0) is 18.4 Å². The lowest BCUT2D eigenvalue weighted by Crippen LogP contribution is -2.15. The molecule has 6 heteroatoms. The van der Waals surface area contributed by atoms with E-state index in [9.17, 15) is 0 Å². The molecule has 1 rings (SSSR count). The van der Waals surface area contributed by atoms with Crippen LogP contribution in [0.5, 0.6) is 0 Å². The lowest BCUT2D eigenvalue weighted by atomic mass is 10.2. The highest BCUT2D eigenvalue weighted by Crippen LogP contribution is 2.30. The van der Waals surface area contributed by atoms with Crippen molar-refractivity contribution in [1.82, 2.24) is 0 Å². The van der Waals surface area contributed by atoms with Gasteiger partial charge in [-0.1, -0.05) is 11.2 Å². The number of aliphatic hydroxyl groups excluding tert-OH is 1. The van der Waals surface area contributed by atoms with Gasteiger partial charge in [0, 0.05) is 21.1 Å². The van der Waals surface area contributed by atoms with E-state index in [2.05, 4.69) is 5.16 Å². The van der Waals surface area contributed by atoms with E-state index in [0.29, 0.717) is 5.75 Å². The van der Waals surface area contributed by atoms with E-state index in [-0.39, 0.29) is 12.4 Å². The molecule has 0 aliphatic rings. The van der Waals surface area contributed by atoms with Crippen LogP contribution in [-0.2, 0) is 0 Å². The molecule has 0 saturated heterocycles. The first-order chi connectivity index (χ1) is 7.74. The standard InChI is InChI=1S/C10H14N2O2S2/c1-15-7-3-2-4-8(16-6-5-13)9(7)10(11)12-14/h2-4,13-14H,5-6H2,1H3,(H2,11,12). The normalized spacial score (nSPS) is 11.8. The van der Waals surface area contributed by atoms with Crippen molar-refractivity contribution < 1.29 is 10.3 Å². The second kappa shape index (κ2) is 6.67. The van der Waals surface area contributed by atoms with Crippen LogP contribution in [0.15, 0.2) is 33.1 Å². The van der Waals surface area contributed by atoms with Gasteiger partial charge in [-0.2, -0.15) is 0 Å². The van der Waals surface area contributed by atoms with Crippen molar-refractivity contribution in [3.63, 3.8) is 0 Å². The minimum Gasteiger partial charge on any atom is -0.409 e. The fourth-order valence-electron chi connectivity index (χ4n) is 1.26. The summed E-state index contributed by atoms with van der Waals surface area (Å²) in [4.78, 5) is 1.87. The summed E-state index contributed by atoms with van der Waals surface area (Å²) in [5.41, 5.74) is 6.39. The van der Waals surface area contributed by atoms with Crippen LogP contribution in [0.3, 0.4) is 0 Å². The molecule has 0 aliphatic carbocycles. The van der Waals surface area contributed by atoms with Gasteiger partial charge < -0.3 is 16.0 Å². The second-order valence-electron chi connectivity index (χ2n) is 2.89. The van der Waals surface area contributed by atoms with Gasteiger partial charge >= 0.3 is 0 Å². The summed E-state index contributed by atoms with van der Waals surface area (Å²) in [6.45, 7) is 0.101. The molecule has 0 atom stereocenters. The molecule has 88 valence electrons. The van der Waals surface area contributed by atoms with Crippen molar-refractivity contribution in [3.05, 3.63) is 23.8 Å². The van der Waals surface area contributed by atoms with E-state index < -0.39 is 0 Å². The zero-order chi connectivity index (χ0) is 12.0. The Kier molecular flexibility index (Phi) is 5.51. The van der Waals surface area contributed by atoms with Crippen molar-refractivity contribution in [2.24, 2.45) is 10.9 Å². The van der Waals surface area contributed by atoms with Gasteiger partial charge in [0.15, 0.2) is 5.84 Å². The van der Waals surface area contributed by atoms with Gasteiger partial charge in [-0.15, -0.1) is 23.5 Å². The van der Waals surface area contributed by atoms with Crippen LogP contribution < -0.4 is 5.73 Å². The zero-order valence-corrected chi connectivity index (χ0v) is 10.5. The van der Waals surface area contributed by atoms with Crippen molar-refractivity contribution in [2.75, 3.05) is 18.6 Å². The number of hydrogen-bond donors (Lipinski definition) is 3. The Labute approximate surface area is 103 Å². The summed E-state index contributed by atoms with van der Waals surface area (Å²) in [6.07, 6.45) is 1.93. The number of thioether (sulfide) groups is 2. The molecule has 4 N–H and O–H groups in total. The van der Waals surface area contributed by atoms with Gasteiger partial charge in [0.05, 0.1) is 6.61 Å². The average molecular weight is 258 g/mol. The lowest BCUT2D eigenvalue weighted by Gasteiger charge is -2.11. The molecule has 0 amide bonds. The molecule has 0 heterocycles. The molecule has 0 saturated carbocycles. The Bertz CT molecular complexity index is 383. The van der Waals surface area contributed by atoms with E-state index in [1.54, 1.807) is 0 Å². The van der Waals surface area contributed by atoms with Crippen LogP contribution >= 0.6 is 23.5 Å². The van der Waals surface area contributed by atoms with Gasteiger partial charge in [-0.3, -0.25) is 0 Å². The zero-order valence-electron chi connectivity index (χ0n) is 8.88. The molecule has 0 fully saturated rings. The van der Waals surface area contributed by atoms with Crippen LogP contribution in [0, 0.1) is 0 Å². The SMILES string of the molecule is CSc1cccc(SCCO)c1/C(N)=N/O. The quantitative estimate of drug-likeness (QED) is 0.246. The topological polar surface area (TPSA) is 78.8 Å². The maximum Gasteiger partial charge on any atom is 0.172 e. The maximum atomic E-state index is 8.80. The highest BCUT2D eigenvalue weighted by Gasteiger charge is 2.12. The first kappa shape index (κ1) is 13.2. The third-order valence-corrected chi connectivity index (χ3v) is 3.74. The molecule has 1 aromatic carbocycles. The molecule has 0 aromatic heterocycles. The lowest BCUT2D eigenvalue weighted by molar-refractivity contribution is 0.318. The molecule has 0 unspecified atom stereocenters. The minimum absolute atomic E-state index is 0.101. The predicted octanol–water partition coefficient (Wildman–Crippen LogP) is 1.59. The van der Waals surface area contributed by atoms with E-state index in [0.717, 1.165) is 15.4 Å². The van der Waals surface area contributed by atoms with Crippen LogP contribution in [-0.4, -0.2) is 34.8 Å². The fraction of sp³-hybridized carbons (Fsp3) is 0.300. The molecule has 4 nitrogen and oxygen atoms in total. The van der Waals surface area contributed by atoms with Gasteiger partial charge in [-0.25, -0.2) is 0 Å². The number of nitrogens with two attached hydrogens (primary N) is 1. The highest BCUT2D eigenvalue weighted by atomic mass is 32.2. The van der Waals surface area contributed by atoms with E-state index in [1.807, 2.05) is 24.5 Å². The summed E-state index contributed by atoms with van der Waals surface area (Å²) in [7, 11) is 0. The Morgan fingerprint density at radius 3 is 2.69 bits per heavy atom. The van der Waals surface area contributed by atoms with Crippen molar-refractivity contribution in [1.29, 1.82) is 0 Å². The number of aliphatic hydroxyl groups is 1. The summed E-state index contributed by atoms with van der Waals surface area (Å²) in [5.74, 6) is 0.689. The molecule has 0 aliphatic heterocycles. The van der Waals surface area contributed by atoms with E-state index >= 15 is 0 Å². The summed E-state index contributed by atoms with van der Waals surface area (Å²) < 4.78 is 0. The molecular weight excluding hydrogens is 244 g/mol. The average Bonchev–Trinajstić information content (AvgIpc) is 2.34. The number of oxime groups is 1. The monoisotopic (exact) mass is 258 g/mol. The number of amidine groups is 1. The number of benzene rings is 1. The number of rotatable bonds is 5. The van der Waals surface area contributed by atoms with Gasteiger partial charge in [0.25, 0.3) is 0 Å². The fourth-order valence-corrected chi connectivity index (χ4v) is 2.80. The molecule has 0 radical (unpaired) electrons. The smallest absolute Gasteiger partial charge is 0.172 e. The van der Waals surface area contributed by atoms with Crippen molar-refractivity contribution >= 4 is 29.4 Å². The first-order valence-electron chi connectivity index (χ1n) is 4.63. The van der Waals surface area contributed by atoms with Crippen LogP contribution in [0.2, 0.25) is 0 Å². The largest absolute Gasteiger partial charge is 0.409 e. The van der Waals surface area contributed by atoms with Crippen molar-refractivity contribution in [3.8, 4) is 0 Å². The summed E-state index contributed by atoms with van der Waals surface area (Å²) in [5, 5.41) is 20.6. The first-order valence-corrected chi connectivity index (χ1v) is 6.84. The molecule has 16 heavy (non-hydrogen) atoms. The summed E-state index contributed by atoms with van der Waals surface area (Å²) in [6, 6.07) is 5.73. The van der Waals surface area contributed by atoms with Crippen LogP contribution in [0.25, 0.3) is 0 Å². The Balaban J connectivity index is 3.15. The molecule has 1 aromatic rings. The molecule has 0 spiro atoms. The predicted molar refractivity (Wildman–Crippen MR) is 68.5 cm³/mol. The Morgan fingerprint density at radius 1 is 1.44 bits per heavy atom. The summed E-state index contributed by atoms with van der Waals surface area (Å²) >= 11 is 3.02. The molecule has 0 bridgehead atoms. The second-order valence-corrected chi connectivity index (χ2v) is 4.88. The highest BCUT2D eigenvalue weighted by molar-refractivity contribution is 8.00. The van der Waals surface area contributed by atoms with Crippen LogP contribution in [0.4, 0.5) is 0 Å². The number of hydrogen-bond acceptors (Lipinski definition) is 5. The maximum absolute atomic E-state index is 8.80.